The molecule has 0 spiro atoms. The highest BCUT2D eigenvalue weighted by Crippen LogP contribution is 2.21. The third kappa shape index (κ3) is 4.18. The molecule has 0 aliphatic carbocycles. The van der Waals surface area contributed by atoms with Gasteiger partial charge in [0, 0.05) is 31.6 Å². The lowest BCUT2D eigenvalue weighted by Gasteiger charge is -2.37. The summed E-state index contributed by atoms with van der Waals surface area (Å²) in [6.07, 6.45) is 5.70. The van der Waals surface area contributed by atoms with Crippen LogP contribution < -0.4 is 5.32 Å². The first-order chi connectivity index (χ1) is 9.20. The van der Waals surface area contributed by atoms with Gasteiger partial charge in [0.05, 0.1) is 0 Å². The van der Waals surface area contributed by atoms with Gasteiger partial charge in [0.25, 0.3) is 0 Å². The normalized spacial score (nSPS) is 23.8. The fraction of sp³-hybridized carbons (Fsp3) is 0.933. The maximum absolute atomic E-state index is 12.2. The average Bonchev–Trinajstić information content (AvgIpc) is 2.93. The fourth-order valence-corrected chi connectivity index (χ4v) is 3.40. The zero-order valence-electron chi connectivity index (χ0n) is 12.5. The molecule has 0 aromatic heterocycles. The Bertz CT molecular complexity index is 281. The van der Waals surface area contributed by atoms with Crippen molar-refractivity contribution in [2.75, 3.05) is 32.7 Å². The summed E-state index contributed by atoms with van der Waals surface area (Å²) in [7, 11) is 0. The standard InChI is InChI=1S/C15H29N3O/c1-3-16-13(2)12-15(19)18-10-6-14(7-11-18)17-8-4-5-9-17/h13-14,16H,3-12H2,1-2H3. The molecule has 1 amide bonds. The lowest BCUT2D eigenvalue weighted by molar-refractivity contribution is -0.133. The molecule has 2 saturated heterocycles. The Kier molecular flexibility index (Phi) is 5.64. The Morgan fingerprint density at radius 3 is 2.42 bits per heavy atom. The predicted molar refractivity (Wildman–Crippen MR) is 78.2 cm³/mol. The van der Waals surface area contributed by atoms with Gasteiger partial charge in [-0.1, -0.05) is 6.92 Å². The number of rotatable bonds is 5. The highest BCUT2D eigenvalue weighted by Gasteiger charge is 2.28. The van der Waals surface area contributed by atoms with Crippen LogP contribution in [0.3, 0.4) is 0 Å². The van der Waals surface area contributed by atoms with E-state index in [4.69, 9.17) is 0 Å². The lowest BCUT2D eigenvalue weighted by Crippen LogP contribution is -2.47. The molecular weight excluding hydrogens is 238 g/mol. The number of carbonyl (C=O) groups is 1. The van der Waals surface area contributed by atoms with E-state index in [1.165, 1.54) is 38.8 Å². The van der Waals surface area contributed by atoms with Gasteiger partial charge in [-0.05, 0) is 52.2 Å². The Hall–Kier alpha value is -0.610. The quantitative estimate of drug-likeness (QED) is 0.819. The summed E-state index contributed by atoms with van der Waals surface area (Å²) in [5.74, 6) is 0.327. The van der Waals surface area contributed by atoms with Crippen molar-refractivity contribution >= 4 is 5.91 Å². The molecule has 0 aromatic carbocycles. The lowest BCUT2D eigenvalue weighted by atomic mass is 10.0. The minimum Gasteiger partial charge on any atom is -0.343 e. The average molecular weight is 267 g/mol. The number of piperidine rings is 1. The Balaban J connectivity index is 1.71. The third-order valence-corrected chi connectivity index (χ3v) is 4.51. The topological polar surface area (TPSA) is 35.6 Å². The summed E-state index contributed by atoms with van der Waals surface area (Å²) in [6, 6.07) is 1.03. The Morgan fingerprint density at radius 2 is 1.84 bits per heavy atom. The largest absolute Gasteiger partial charge is 0.343 e. The van der Waals surface area contributed by atoms with E-state index < -0.39 is 0 Å². The van der Waals surface area contributed by atoms with Crippen molar-refractivity contribution in [2.45, 2.75) is 58.0 Å². The summed E-state index contributed by atoms with van der Waals surface area (Å²) in [5.41, 5.74) is 0. The zero-order valence-corrected chi connectivity index (χ0v) is 12.5. The fourth-order valence-electron chi connectivity index (χ4n) is 3.40. The summed E-state index contributed by atoms with van der Waals surface area (Å²) in [4.78, 5) is 16.9. The van der Waals surface area contributed by atoms with E-state index >= 15 is 0 Å². The maximum atomic E-state index is 12.2. The molecule has 1 N–H and O–H groups in total. The van der Waals surface area contributed by atoms with Crippen molar-refractivity contribution in [2.24, 2.45) is 0 Å². The van der Waals surface area contributed by atoms with Crippen LogP contribution in [0.2, 0.25) is 0 Å². The second-order valence-electron chi connectivity index (χ2n) is 6.02. The van der Waals surface area contributed by atoms with Crippen LogP contribution in [0, 0.1) is 0 Å². The Labute approximate surface area is 117 Å². The van der Waals surface area contributed by atoms with E-state index in [9.17, 15) is 4.79 Å². The van der Waals surface area contributed by atoms with Gasteiger partial charge < -0.3 is 15.1 Å². The van der Waals surface area contributed by atoms with Crippen LogP contribution in [0.25, 0.3) is 0 Å². The van der Waals surface area contributed by atoms with Gasteiger partial charge in [-0.15, -0.1) is 0 Å². The molecule has 1 atom stereocenters. The number of carbonyl (C=O) groups excluding carboxylic acids is 1. The molecule has 1 unspecified atom stereocenters. The summed E-state index contributed by atoms with van der Waals surface area (Å²) in [6.45, 7) is 9.58. The van der Waals surface area contributed by atoms with Crippen LogP contribution in [-0.2, 0) is 4.79 Å². The third-order valence-electron chi connectivity index (χ3n) is 4.51. The molecule has 0 bridgehead atoms. The molecule has 0 aromatic rings. The molecule has 0 saturated carbocycles. The van der Waals surface area contributed by atoms with Crippen molar-refractivity contribution in [3.63, 3.8) is 0 Å². The number of amides is 1. The van der Waals surface area contributed by atoms with E-state index in [1.807, 2.05) is 0 Å². The SMILES string of the molecule is CCNC(C)CC(=O)N1CCC(N2CCCC2)CC1. The second kappa shape index (κ2) is 7.25. The molecule has 2 aliphatic rings. The summed E-state index contributed by atoms with van der Waals surface area (Å²) >= 11 is 0. The van der Waals surface area contributed by atoms with Crippen LogP contribution in [0.15, 0.2) is 0 Å². The number of hydrogen-bond acceptors (Lipinski definition) is 3. The summed E-state index contributed by atoms with van der Waals surface area (Å²) in [5, 5.41) is 3.31. The van der Waals surface area contributed by atoms with Crippen molar-refractivity contribution in [3.8, 4) is 0 Å². The van der Waals surface area contributed by atoms with Gasteiger partial charge in [-0.2, -0.15) is 0 Å². The van der Waals surface area contributed by atoms with Gasteiger partial charge >= 0.3 is 0 Å². The number of likely N-dealkylation sites (tertiary alicyclic amines) is 2. The monoisotopic (exact) mass is 267 g/mol. The van der Waals surface area contributed by atoms with Gasteiger partial charge in [-0.3, -0.25) is 4.79 Å². The predicted octanol–water partition coefficient (Wildman–Crippen LogP) is 1.46. The minimum atomic E-state index is 0.300. The van der Waals surface area contributed by atoms with E-state index in [0.29, 0.717) is 18.4 Å². The highest BCUT2D eigenvalue weighted by atomic mass is 16.2. The van der Waals surface area contributed by atoms with Crippen molar-refractivity contribution in [1.29, 1.82) is 0 Å². The highest BCUT2D eigenvalue weighted by molar-refractivity contribution is 5.76. The zero-order chi connectivity index (χ0) is 13.7. The second-order valence-corrected chi connectivity index (χ2v) is 6.02. The molecule has 0 radical (unpaired) electrons. The maximum Gasteiger partial charge on any atom is 0.224 e. The number of nitrogens with zero attached hydrogens (tertiary/aromatic N) is 2. The first-order valence-electron chi connectivity index (χ1n) is 7.96. The van der Waals surface area contributed by atoms with Crippen LogP contribution in [-0.4, -0.2) is 60.5 Å². The first-order valence-corrected chi connectivity index (χ1v) is 7.96. The van der Waals surface area contributed by atoms with E-state index in [-0.39, 0.29) is 0 Å². The van der Waals surface area contributed by atoms with Crippen LogP contribution >= 0.6 is 0 Å². The van der Waals surface area contributed by atoms with Crippen molar-refractivity contribution in [3.05, 3.63) is 0 Å². The van der Waals surface area contributed by atoms with Gasteiger partial charge in [0.1, 0.15) is 0 Å². The van der Waals surface area contributed by atoms with E-state index in [2.05, 4.69) is 29.0 Å². The minimum absolute atomic E-state index is 0.300. The molecule has 2 aliphatic heterocycles. The number of hydrogen-bond donors (Lipinski definition) is 1. The summed E-state index contributed by atoms with van der Waals surface area (Å²) < 4.78 is 0. The van der Waals surface area contributed by atoms with Crippen molar-refractivity contribution in [1.82, 2.24) is 15.1 Å². The number of nitrogens with one attached hydrogen (secondary N) is 1. The Morgan fingerprint density at radius 1 is 1.21 bits per heavy atom. The van der Waals surface area contributed by atoms with Gasteiger partial charge in [-0.25, -0.2) is 0 Å². The molecule has 2 fully saturated rings. The van der Waals surface area contributed by atoms with Crippen molar-refractivity contribution < 1.29 is 4.79 Å². The molecule has 110 valence electrons. The van der Waals surface area contributed by atoms with Crippen LogP contribution in [0.4, 0.5) is 0 Å². The molecule has 2 rings (SSSR count). The van der Waals surface area contributed by atoms with E-state index in [1.54, 1.807) is 0 Å². The van der Waals surface area contributed by atoms with Gasteiger partial charge in [0.2, 0.25) is 5.91 Å². The smallest absolute Gasteiger partial charge is 0.224 e. The van der Waals surface area contributed by atoms with Gasteiger partial charge in [0.15, 0.2) is 0 Å². The van der Waals surface area contributed by atoms with Crippen LogP contribution in [0.5, 0.6) is 0 Å². The molecule has 4 nitrogen and oxygen atoms in total. The molecule has 19 heavy (non-hydrogen) atoms. The first kappa shape index (κ1) is 14.8. The van der Waals surface area contributed by atoms with E-state index in [0.717, 1.165) is 25.7 Å². The molecule has 4 heteroatoms. The van der Waals surface area contributed by atoms with Crippen LogP contribution in [0.1, 0.15) is 46.0 Å². The molecular formula is C15H29N3O. The molecule has 2 heterocycles.